The molecule has 3 aliphatic carbocycles. The van der Waals surface area contributed by atoms with Crippen LogP contribution in [0.15, 0.2) is 18.2 Å². The van der Waals surface area contributed by atoms with Gasteiger partial charge in [0.2, 0.25) is 0 Å². The normalized spacial score (nSPS) is 28.7. The van der Waals surface area contributed by atoms with Gasteiger partial charge in [-0.2, -0.15) is 39.5 Å². The highest BCUT2D eigenvalue weighted by molar-refractivity contribution is 5.40. The fourth-order valence-corrected chi connectivity index (χ4v) is 8.94. The third kappa shape index (κ3) is 7.91. The van der Waals surface area contributed by atoms with Crippen LogP contribution < -0.4 is 0 Å². The topological polar surface area (TPSA) is 43.7 Å². The largest absolute Gasteiger partial charge is 0.508 e. The quantitative estimate of drug-likeness (QED) is 0.133. The first kappa shape index (κ1) is 39.0. The first-order chi connectivity index (χ1) is 22.2. The lowest BCUT2D eigenvalue weighted by Crippen LogP contribution is -2.60. The highest BCUT2D eigenvalue weighted by Gasteiger charge is 2.81. The fourth-order valence-electron chi connectivity index (χ4n) is 8.94. The number of nitrogens with zero attached hydrogens (tertiary/aromatic N) is 1. The minimum Gasteiger partial charge on any atom is -0.508 e. The van der Waals surface area contributed by atoms with E-state index in [0.29, 0.717) is 64.0 Å². The number of fused-ring (bicyclic) bond motifs is 5. The van der Waals surface area contributed by atoms with Gasteiger partial charge in [0.05, 0.1) is 6.10 Å². The number of unbranched alkanes of at least 4 members (excludes halogenated alkanes) is 4. The molecular weight excluding hydrogens is 656 g/mol. The zero-order valence-electron chi connectivity index (χ0n) is 27.6. The van der Waals surface area contributed by atoms with Crippen molar-refractivity contribution in [2.45, 2.75) is 139 Å². The van der Waals surface area contributed by atoms with Crippen molar-refractivity contribution in [1.82, 2.24) is 4.90 Å². The van der Waals surface area contributed by atoms with Crippen molar-refractivity contribution in [2.75, 3.05) is 20.1 Å². The molecule has 48 heavy (non-hydrogen) atoms. The molecule has 0 bridgehead atoms. The van der Waals surface area contributed by atoms with Crippen LogP contribution in [-0.2, 0) is 6.42 Å². The predicted octanol–water partition coefficient (Wildman–Crippen LogP) is 10.1. The lowest BCUT2D eigenvalue weighted by molar-refractivity contribution is -0.396. The second-order valence-electron chi connectivity index (χ2n) is 14.9. The van der Waals surface area contributed by atoms with Crippen LogP contribution in [-0.4, -0.2) is 71.5 Å². The van der Waals surface area contributed by atoms with Crippen LogP contribution in [0.2, 0.25) is 0 Å². The van der Waals surface area contributed by atoms with Gasteiger partial charge in [0.25, 0.3) is 0 Å². The summed E-state index contributed by atoms with van der Waals surface area (Å²) >= 11 is 0. The molecule has 3 aliphatic rings. The van der Waals surface area contributed by atoms with Crippen molar-refractivity contribution in [3.05, 3.63) is 29.3 Å². The van der Waals surface area contributed by atoms with Crippen LogP contribution >= 0.6 is 0 Å². The van der Waals surface area contributed by atoms with Crippen LogP contribution in [0.1, 0.15) is 107 Å². The van der Waals surface area contributed by atoms with Crippen LogP contribution in [0.4, 0.5) is 43.9 Å². The smallest absolute Gasteiger partial charge is 0.460 e. The van der Waals surface area contributed by atoms with E-state index in [2.05, 4.69) is 6.92 Å². The lowest BCUT2D eigenvalue weighted by Gasteiger charge is -2.53. The summed E-state index contributed by atoms with van der Waals surface area (Å²) in [4.78, 5) is 2.00. The highest BCUT2D eigenvalue weighted by Crippen LogP contribution is 2.63. The molecule has 276 valence electrons. The zero-order valence-corrected chi connectivity index (χ0v) is 27.6. The number of phenolic OH excluding ortho intramolecular Hbond substituents is 1. The Hall–Kier alpha value is -1.76. The number of benzene rings is 1. The van der Waals surface area contributed by atoms with E-state index in [0.717, 1.165) is 31.2 Å². The van der Waals surface area contributed by atoms with Crippen LogP contribution in [0.5, 0.6) is 5.75 Å². The molecule has 0 aliphatic heterocycles. The molecule has 3 nitrogen and oxygen atoms in total. The standard InChI is InChI=1S/C35H49F10NO2/c1-31-16-14-27-26-11-10-25(47)21-22(26)19-23(30(27)28(31)12-13-29(31)48)20-24(36)9-8-18-46(2)17-7-5-3-4-6-15-32(37,38)33(39,40)34(41,42)35(43,44)45/h10-11,21,23-24,27-30,47-48H,3-9,12-20H2,1-2H3/t23-,24?,27+,28-,29-,30+,31-/m0/s1. The van der Waals surface area contributed by atoms with E-state index >= 15 is 4.39 Å². The fraction of sp³-hybridized carbons (Fsp3) is 0.829. The summed E-state index contributed by atoms with van der Waals surface area (Å²) < 4.78 is 132. The molecule has 0 heterocycles. The van der Waals surface area contributed by atoms with Gasteiger partial charge < -0.3 is 15.1 Å². The zero-order chi connectivity index (χ0) is 35.7. The molecule has 1 aromatic rings. The first-order valence-corrected chi connectivity index (χ1v) is 17.3. The van der Waals surface area contributed by atoms with Gasteiger partial charge in [-0.25, -0.2) is 4.39 Å². The summed E-state index contributed by atoms with van der Waals surface area (Å²) in [6, 6.07) is 5.55. The Labute approximate surface area is 276 Å². The van der Waals surface area contributed by atoms with Gasteiger partial charge in [-0.15, -0.1) is 0 Å². The van der Waals surface area contributed by atoms with E-state index < -0.39 is 43.0 Å². The molecule has 4 rings (SSSR count). The maximum Gasteiger partial charge on any atom is 0.460 e. The van der Waals surface area contributed by atoms with Crippen LogP contribution in [0.25, 0.3) is 0 Å². The van der Waals surface area contributed by atoms with Crippen molar-refractivity contribution in [1.29, 1.82) is 0 Å². The summed E-state index contributed by atoms with van der Waals surface area (Å²) in [6.07, 6.45) is -3.43. The van der Waals surface area contributed by atoms with Crippen molar-refractivity contribution in [2.24, 2.45) is 23.2 Å². The third-order valence-electron chi connectivity index (χ3n) is 11.7. The molecule has 0 saturated heterocycles. The Morgan fingerprint density at radius 3 is 2.21 bits per heavy atom. The number of phenols is 1. The SMILES string of the molecule is CN(CCCCCCCC(F)(F)C(F)(F)C(F)(F)C(F)(F)F)CCCC(F)C[C@@H]1Cc2cc(O)ccc2[C@H]2CC[C@]3(C)[C@@H](O)CC[C@H]3[C@H]12. The number of aliphatic hydroxyl groups excluding tert-OH is 1. The molecule has 0 aromatic heterocycles. The Kier molecular flexibility index (Phi) is 12.1. The summed E-state index contributed by atoms with van der Waals surface area (Å²) in [7, 11) is 1.86. The van der Waals surface area contributed by atoms with Crippen LogP contribution in [0, 0.1) is 23.2 Å². The molecule has 0 radical (unpaired) electrons. The molecule has 1 aromatic carbocycles. The number of rotatable bonds is 16. The van der Waals surface area contributed by atoms with E-state index in [1.54, 1.807) is 6.07 Å². The van der Waals surface area contributed by atoms with Gasteiger partial charge in [0.15, 0.2) is 0 Å². The maximum atomic E-state index is 15.6. The van der Waals surface area contributed by atoms with E-state index in [9.17, 15) is 49.7 Å². The molecule has 1 unspecified atom stereocenters. The molecule has 2 fully saturated rings. The van der Waals surface area contributed by atoms with E-state index in [-0.39, 0.29) is 41.4 Å². The lowest BCUT2D eigenvalue weighted by atomic mass is 9.52. The molecular formula is C35H49F10NO2. The monoisotopic (exact) mass is 705 g/mol. The van der Waals surface area contributed by atoms with Gasteiger partial charge in [-0.3, -0.25) is 0 Å². The van der Waals surface area contributed by atoms with Crippen molar-refractivity contribution in [3.8, 4) is 5.75 Å². The van der Waals surface area contributed by atoms with E-state index in [1.165, 1.54) is 5.56 Å². The van der Waals surface area contributed by atoms with Gasteiger partial charge in [0.1, 0.15) is 11.9 Å². The summed E-state index contributed by atoms with van der Waals surface area (Å²) in [5.74, 6) is -17.7. The van der Waals surface area contributed by atoms with Gasteiger partial charge in [-0.1, -0.05) is 32.3 Å². The maximum absolute atomic E-state index is 15.6. The van der Waals surface area contributed by atoms with E-state index in [1.807, 2.05) is 24.1 Å². The summed E-state index contributed by atoms with van der Waals surface area (Å²) in [5.41, 5.74) is 2.18. The number of hydrogen-bond acceptors (Lipinski definition) is 3. The minimum absolute atomic E-state index is 0.0252. The second kappa shape index (κ2) is 14.8. The van der Waals surface area contributed by atoms with Crippen molar-refractivity contribution in [3.63, 3.8) is 0 Å². The highest BCUT2D eigenvalue weighted by atomic mass is 19.4. The number of alkyl halides is 10. The average Bonchev–Trinajstić information content (AvgIpc) is 3.29. The Morgan fingerprint density at radius 1 is 0.875 bits per heavy atom. The average molecular weight is 706 g/mol. The van der Waals surface area contributed by atoms with Gasteiger partial charge in [-0.05, 0) is 137 Å². The second-order valence-corrected chi connectivity index (χ2v) is 14.9. The summed E-state index contributed by atoms with van der Waals surface area (Å²) in [6.45, 7) is 3.41. The number of aromatic hydroxyl groups is 1. The number of halogens is 10. The summed E-state index contributed by atoms with van der Waals surface area (Å²) in [5, 5.41) is 21.0. The Bertz CT molecular complexity index is 1210. The minimum atomic E-state index is -6.84. The predicted molar refractivity (Wildman–Crippen MR) is 162 cm³/mol. The molecule has 2 N–H and O–H groups in total. The van der Waals surface area contributed by atoms with Gasteiger partial charge in [0, 0.05) is 6.42 Å². The first-order valence-electron chi connectivity index (χ1n) is 17.3. The molecule has 7 atom stereocenters. The number of aliphatic hydroxyl groups is 1. The Morgan fingerprint density at radius 2 is 1.52 bits per heavy atom. The van der Waals surface area contributed by atoms with Crippen molar-refractivity contribution >= 4 is 0 Å². The molecule has 0 amide bonds. The van der Waals surface area contributed by atoms with E-state index in [4.69, 9.17) is 0 Å². The van der Waals surface area contributed by atoms with Gasteiger partial charge >= 0.3 is 23.9 Å². The van der Waals surface area contributed by atoms with Crippen molar-refractivity contribution < 1.29 is 54.1 Å². The molecule has 0 spiro atoms. The third-order valence-corrected chi connectivity index (χ3v) is 11.7. The van der Waals surface area contributed by atoms with Crippen LogP contribution in [0.3, 0.4) is 0 Å². The molecule has 13 heteroatoms. The molecule has 2 saturated carbocycles. The Balaban J connectivity index is 1.17. The number of hydrogen-bond donors (Lipinski definition) is 2.